The van der Waals surface area contributed by atoms with Gasteiger partial charge in [0.15, 0.2) is 0 Å². The van der Waals surface area contributed by atoms with Crippen LogP contribution >= 0.6 is 0 Å². The van der Waals surface area contributed by atoms with E-state index in [-0.39, 0.29) is 31.7 Å². The molecule has 0 unspecified atom stereocenters. The zero-order chi connectivity index (χ0) is 38.4. The third kappa shape index (κ3) is 7.32. The maximum Gasteiger partial charge on any atom is 0 e. The second kappa shape index (κ2) is 15.6. The van der Waals surface area contributed by atoms with Gasteiger partial charge in [-0.25, -0.2) is 13.8 Å². The Bertz CT molecular complexity index is 3050. The molecule has 9 heteroatoms. The number of aromatic nitrogens is 4. The van der Waals surface area contributed by atoms with Crippen LogP contribution in [-0.2, 0) is 20.1 Å². The van der Waals surface area contributed by atoms with Crippen molar-refractivity contribution in [3.8, 4) is 39.6 Å². The first-order chi connectivity index (χ1) is 27.2. The molecule has 4 heterocycles. The quantitative estimate of drug-likeness (QED) is 0.127. The molecule has 57 heavy (non-hydrogen) atoms. The summed E-state index contributed by atoms with van der Waals surface area (Å²) in [7, 11) is 0. The average Bonchev–Trinajstić information content (AvgIpc) is 3.81. The fraction of sp³-hybridized carbons (Fsp3) is 0.0625. The van der Waals surface area contributed by atoms with Crippen molar-refractivity contribution >= 4 is 61.5 Å². The van der Waals surface area contributed by atoms with Crippen molar-refractivity contribution in [1.29, 1.82) is 0 Å². The van der Waals surface area contributed by atoms with Crippen molar-refractivity contribution in [1.82, 2.24) is 19.5 Å². The molecule has 0 aliphatic carbocycles. The summed E-state index contributed by atoms with van der Waals surface area (Å²) in [5, 5.41) is 3.71. The third-order valence-electron chi connectivity index (χ3n) is 9.90. The van der Waals surface area contributed by atoms with E-state index >= 15 is 4.39 Å². The van der Waals surface area contributed by atoms with Gasteiger partial charge in [0.2, 0.25) is 5.71 Å². The maximum absolute atomic E-state index is 15.4. The Hall–Kier alpha value is -5.80. The predicted molar refractivity (Wildman–Crippen MR) is 225 cm³/mol. The fourth-order valence-corrected chi connectivity index (χ4v) is 9.15. The van der Waals surface area contributed by atoms with Gasteiger partial charge in [-0.1, -0.05) is 59.5 Å². The van der Waals surface area contributed by atoms with Crippen molar-refractivity contribution < 1.29 is 33.3 Å². The van der Waals surface area contributed by atoms with Gasteiger partial charge in [-0.05, 0) is 59.3 Å². The van der Waals surface area contributed by atoms with Crippen LogP contribution in [0.5, 0.6) is 0 Å². The van der Waals surface area contributed by atoms with E-state index in [1.807, 2.05) is 89.6 Å². The van der Waals surface area contributed by atoms with Gasteiger partial charge in [-0.2, -0.15) is 0 Å². The van der Waals surface area contributed by atoms with Crippen LogP contribution in [0.15, 0.2) is 156 Å². The van der Waals surface area contributed by atoms with E-state index < -0.39 is 13.3 Å². The van der Waals surface area contributed by atoms with Gasteiger partial charge in [0.05, 0.1) is 28.1 Å². The van der Waals surface area contributed by atoms with E-state index in [9.17, 15) is 4.39 Å². The first-order valence-electron chi connectivity index (χ1n) is 18.3. The maximum atomic E-state index is 15.4. The molecule has 0 amide bonds. The first-order valence-corrected chi connectivity index (χ1v) is 25.7. The van der Waals surface area contributed by atoms with Gasteiger partial charge < -0.3 is 8.98 Å². The number of rotatable bonds is 5. The van der Waals surface area contributed by atoms with E-state index in [4.69, 9.17) is 9.40 Å². The molecule has 281 valence electrons. The Morgan fingerprint density at radius 3 is 2.19 bits per heavy atom. The van der Waals surface area contributed by atoms with Crippen LogP contribution in [0.3, 0.4) is 0 Å². The topological polar surface area (TPSA) is 56.7 Å². The van der Waals surface area contributed by atoms with Crippen LogP contribution in [-0.4, -0.2) is 32.8 Å². The van der Waals surface area contributed by atoms with E-state index in [2.05, 4.69) is 51.5 Å². The fourth-order valence-electron chi connectivity index (χ4n) is 6.98. The molecule has 0 fully saturated rings. The minimum atomic E-state index is -1.72. The van der Waals surface area contributed by atoms with Gasteiger partial charge in [0, 0.05) is 36.7 Å². The number of nitrogens with zero attached hydrogens (tertiary/aromatic N) is 4. The van der Waals surface area contributed by atoms with E-state index in [1.54, 1.807) is 42.5 Å². The number of imidazole rings is 1. The van der Waals surface area contributed by atoms with Crippen LogP contribution in [0.25, 0.3) is 83.5 Å². The van der Waals surface area contributed by atoms with Crippen molar-refractivity contribution in [2.75, 3.05) is 0 Å². The number of furan rings is 1. The summed E-state index contributed by atoms with van der Waals surface area (Å²) in [6.45, 7) is 0. The Morgan fingerprint density at radius 2 is 1.42 bits per heavy atom. The summed E-state index contributed by atoms with van der Waals surface area (Å²) >= 11 is -1.72. The Balaban J connectivity index is 0.000000226. The summed E-state index contributed by atoms with van der Waals surface area (Å²) in [5.74, 6) is 6.90. The second-order valence-electron chi connectivity index (χ2n) is 14.6. The molecule has 0 aliphatic heterocycles. The molecule has 6 aromatic carbocycles. The molecule has 0 aliphatic rings. The van der Waals surface area contributed by atoms with Crippen LogP contribution in [0.2, 0.25) is 17.3 Å². The Kier molecular flexibility index (Phi) is 10.4. The summed E-state index contributed by atoms with van der Waals surface area (Å²) in [6, 6.07) is 51.6. The average molecular weight is 986 g/mol. The molecule has 10 aromatic rings. The Labute approximate surface area is 344 Å². The molecule has 0 N–H and O–H groups in total. The number of halogens is 2. The second-order valence-corrected chi connectivity index (χ2v) is 25.2. The van der Waals surface area contributed by atoms with E-state index in [1.165, 1.54) is 16.5 Å². The standard InChI is InChI=1S/C34H18F2N3O.C14H16GeN.Ir/c35-27-12-4-3-9-25(27)29-18-17-24-23-10-5-11-26(32(23)40-34(24)38-29)33-37-30-14-6-13-28(36)31(30)39(33)22-16-15-20-7-1-2-8-21(20)19-22;1-15(2,3)13-9-10-14(16-11-13)12-7-5-4-6-8-12;/h1-10,12-19H;4-7,9-11H,1-3H3;/q2*-1;. The van der Waals surface area contributed by atoms with Crippen molar-refractivity contribution in [2.24, 2.45) is 0 Å². The third-order valence-corrected chi connectivity index (χ3v) is 14.2. The summed E-state index contributed by atoms with van der Waals surface area (Å²) in [4.78, 5) is 14.0. The molecular weight excluding hydrogens is 951 g/mol. The number of benzene rings is 6. The van der Waals surface area contributed by atoms with Crippen molar-refractivity contribution in [3.05, 3.63) is 176 Å². The van der Waals surface area contributed by atoms with Crippen molar-refractivity contribution in [3.63, 3.8) is 0 Å². The normalized spacial score (nSPS) is 11.5. The van der Waals surface area contributed by atoms with Gasteiger partial charge in [0.1, 0.15) is 11.6 Å². The molecule has 0 saturated carbocycles. The molecule has 1 radical (unpaired) electrons. The van der Waals surface area contributed by atoms with Gasteiger partial charge in [-0.3, -0.25) is 4.98 Å². The summed E-state index contributed by atoms with van der Waals surface area (Å²) < 4.78 is 39.4. The first kappa shape index (κ1) is 38.1. The van der Waals surface area contributed by atoms with Crippen LogP contribution in [0.1, 0.15) is 0 Å². The molecule has 0 bridgehead atoms. The van der Waals surface area contributed by atoms with Gasteiger partial charge >= 0.3 is 99.8 Å². The Morgan fingerprint density at radius 1 is 0.649 bits per heavy atom. The molecule has 0 saturated heterocycles. The number of fused-ring (bicyclic) bond motifs is 5. The minimum Gasteiger partial charge on any atom is 0 e. The van der Waals surface area contributed by atoms with Crippen LogP contribution < -0.4 is 4.40 Å². The van der Waals surface area contributed by atoms with Crippen molar-refractivity contribution in [2.45, 2.75) is 17.3 Å². The molecule has 0 atom stereocenters. The van der Waals surface area contributed by atoms with Gasteiger partial charge in [-0.15, -0.1) is 18.2 Å². The minimum absolute atomic E-state index is 0. The molecule has 0 spiro atoms. The van der Waals surface area contributed by atoms with Gasteiger partial charge in [0.25, 0.3) is 0 Å². The SMILES string of the molecule is Fc1ccccc1-c1ccc2c(n1)oc1c(-c3nc4cccc(F)c4n3-c3ccc4ccccc4c3)[c-]ccc12.[CH3][Ge]([CH3])([CH3])[c]1ccc(-c2[c-]cccc2)nc1.[Ir]. The van der Waals surface area contributed by atoms with E-state index in [0.717, 1.165) is 38.5 Å². The number of para-hydroxylation sites is 1. The molecular formula is C48H34F2GeIrN4O-2. The van der Waals surface area contributed by atoms with Crippen LogP contribution in [0, 0.1) is 23.8 Å². The number of hydrogen-bond donors (Lipinski definition) is 0. The zero-order valence-corrected chi connectivity index (χ0v) is 35.7. The number of hydrogen-bond acceptors (Lipinski definition) is 4. The molecule has 5 nitrogen and oxygen atoms in total. The largest absolute Gasteiger partial charge is 0 e. The smallest absolute Gasteiger partial charge is 0 e. The molecule has 10 rings (SSSR count). The summed E-state index contributed by atoms with van der Waals surface area (Å²) in [6.07, 6.45) is 2.04. The predicted octanol–water partition coefficient (Wildman–Crippen LogP) is 12.0. The summed E-state index contributed by atoms with van der Waals surface area (Å²) in [5.41, 5.74) is 6.07. The number of pyridine rings is 2. The van der Waals surface area contributed by atoms with E-state index in [0.29, 0.717) is 45.0 Å². The van der Waals surface area contributed by atoms with Crippen LogP contribution in [0.4, 0.5) is 8.78 Å². The molecule has 4 aromatic heterocycles. The monoisotopic (exact) mass is 987 g/mol. The zero-order valence-electron chi connectivity index (χ0n) is 31.2.